The highest BCUT2D eigenvalue weighted by atomic mass is 35.5. The van der Waals surface area contributed by atoms with Crippen LogP contribution in [-0.2, 0) is 0 Å². The first-order valence-corrected chi connectivity index (χ1v) is 5.88. The summed E-state index contributed by atoms with van der Waals surface area (Å²) in [6.45, 7) is 0. The van der Waals surface area contributed by atoms with Crippen LogP contribution >= 0.6 is 22.9 Å². The molecule has 0 saturated heterocycles. The van der Waals surface area contributed by atoms with Crippen LogP contribution in [0.15, 0.2) is 11.4 Å². The predicted octanol–water partition coefficient (Wildman–Crippen LogP) is 4.40. The summed E-state index contributed by atoms with van der Waals surface area (Å²) in [6.07, 6.45) is -10.8. The fourth-order valence-corrected chi connectivity index (χ4v) is 2.86. The van der Waals surface area contributed by atoms with E-state index in [1.807, 2.05) is 5.32 Å². The molecule has 0 aromatic carbocycles. The summed E-state index contributed by atoms with van der Waals surface area (Å²) in [5.74, 6) is -3.49. The molecule has 1 aromatic heterocycles. The van der Waals surface area contributed by atoms with E-state index in [1.165, 1.54) is 11.4 Å². The molecule has 0 amide bonds. The number of hydrogen-bond acceptors (Lipinski definition) is 2. The largest absolute Gasteiger partial charge is 0.402 e. The Hall–Kier alpha value is -0.470. The predicted molar refractivity (Wildman–Crippen MR) is 56.7 cm³/mol. The van der Waals surface area contributed by atoms with Gasteiger partial charge in [0.25, 0.3) is 0 Å². The van der Waals surface area contributed by atoms with Crippen molar-refractivity contribution in [3.63, 3.8) is 0 Å². The van der Waals surface area contributed by atoms with Gasteiger partial charge in [-0.1, -0.05) is 11.6 Å². The molecule has 0 aliphatic carbocycles. The number of hydrogen-bond donors (Lipinski definition) is 1. The maximum Gasteiger partial charge on any atom is 0.402 e. The first-order valence-electron chi connectivity index (χ1n) is 4.62. The molecular weight excluding hydrogens is 304 g/mol. The lowest BCUT2D eigenvalue weighted by Crippen LogP contribution is -2.44. The number of nitrogens with one attached hydrogen (secondary N) is 1. The van der Waals surface area contributed by atoms with Crippen molar-refractivity contribution >= 4 is 22.9 Å². The average molecular weight is 312 g/mol. The highest BCUT2D eigenvalue weighted by Crippen LogP contribution is 2.48. The van der Waals surface area contributed by atoms with Gasteiger partial charge in [-0.2, -0.15) is 26.3 Å². The minimum atomic E-state index is -5.40. The molecule has 0 spiro atoms. The van der Waals surface area contributed by atoms with Gasteiger partial charge in [0.15, 0.2) is 5.92 Å². The SMILES string of the molecule is CNC(c1sccc1Cl)C(C(F)(F)F)C(F)(F)F. The normalized spacial score (nSPS) is 15.2. The second-order valence-electron chi connectivity index (χ2n) is 3.46. The number of thiophene rings is 1. The topological polar surface area (TPSA) is 12.0 Å². The molecule has 1 atom stereocenters. The smallest absolute Gasteiger partial charge is 0.311 e. The van der Waals surface area contributed by atoms with Crippen molar-refractivity contribution < 1.29 is 26.3 Å². The Bertz CT molecular complexity index is 384. The minimum absolute atomic E-state index is 0.113. The lowest BCUT2D eigenvalue weighted by Gasteiger charge is -2.30. The summed E-state index contributed by atoms with van der Waals surface area (Å²) < 4.78 is 75.5. The third-order valence-corrected chi connectivity index (χ3v) is 3.72. The van der Waals surface area contributed by atoms with Gasteiger partial charge in [-0.3, -0.25) is 0 Å². The van der Waals surface area contributed by atoms with Crippen molar-refractivity contribution in [3.8, 4) is 0 Å². The van der Waals surface area contributed by atoms with Crippen LogP contribution in [0.1, 0.15) is 10.9 Å². The van der Waals surface area contributed by atoms with Crippen LogP contribution in [0.2, 0.25) is 5.02 Å². The van der Waals surface area contributed by atoms with Crippen LogP contribution in [-0.4, -0.2) is 19.4 Å². The first kappa shape index (κ1) is 15.6. The minimum Gasteiger partial charge on any atom is -0.311 e. The summed E-state index contributed by atoms with van der Waals surface area (Å²) >= 11 is 6.34. The van der Waals surface area contributed by atoms with Crippen LogP contribution in [0.3, 0.4) is 0 Å². The van der Waals surface area contributed by atoms with Crippen molar-refractivity contribution in [1.29, 1.82) is 0 Å². The molecule has 0 bridgehead atoms. The van der Waals surface area contributed by atoms with E-state index >= 15 is 0 Å². The number of rotatable bonds is 3. The molecule has 1 heterocycles. The van der Waals surface area contributed by atoms with Crippen molar-refractivity contribution in [3.05, 3.63) is 21.3 Å². The standard InChI is InChI=1S/C9H8ClF6NS/c1-17-5(6-4(10)2-3-18-6)7(8(11,12)13)9(14,15)16/h2-3,5,7,17H,1H3. The second-order valence-corrected chi connectivity index (χ2v) is 4.81. The number of alkyl halides is 6. The molecule has 18 heavy (non-hydrogen) atoms. The quantitative estimate of drug-likeness (QED) is 0.816. The Morgan fingerprint density at radius 1 is 1.17 bits per heavy atom. The Morgan fingerprint density at radius 2 is 1.67 bits per heavy atom. The third-order valence-electron chi connectivity index (χ3n) is 2.28. The van der Waals surface area contributed by atoms with Gasteiger partial charge in [0.1, 0.15) is 0 Å². The highest BCUT2D eigenvalue weighted by molar-refractivity contribution is 7.10. The van der Waals surface area contributed by atoms with Gasteiger partial charge in [0, 0.05) is 4.88 Å². The van der Waals surface area contributed by atoms with Crippen molar-refractivity contribution in [2.24, 2.45) is 5.92 Å². The summed E-state index contributed by atoms with van der Waals surface area (Å²) in [5, 5.41) is 3.27. The molecule has 0 fully saturated rings. The van der Waals surface area contributed by atoms with E-state index in [2.05, 4.69) is 0 Å². The molecular formula is C9H8ClF6NS. The fourth-order valence-electron chi connectivity index (χ4n) is 1.54. The molecule has 1 nitrogen and oxygen atoms in total. The van der Waals surface area contributed by atoms with Gasteiger partial charge in [0.05, 0.1) is 11.1 Å². The molecule has 104 valence electrons. The van der Waals surface area contributed by atoms with E-state index in [0.717, 1.165) is 18.4 Å². The van der Waals surface area contributed by atoms with Gasteiger partial charge >= 0.3 is 12.4 Å². The fraction of sp³-hybridized carbons (Fsp3) is 0.556. The van der Waals surface area contributed by atoms with E-state index in [4.69, 9.17) is 11.6 Å². The molecule has 0 radical (unpaired) electrons. The van der Waals surface area contributed by atoms with Gasteiger partial charge in [-0.25, -0.2) is 0 Å². The summed E-state index contributed by atoms with van der Waals surface area (Å²) in [6, 6.07) is -0.687. The Morgan fingerprint density at radius 3 is 1.94 bits per heavy atom. The van der Waals surface area contributed by atoms with E-state index < -0.39 is 24.3 Å². The molecule has 0 aliphatic heterocycles. The van der Waals surface area contributed by atoms with Gasteiger partial charge in [0.2, 0.25) is 0 Å². The van der Waals surface area contributed by atoms with Crippen LogP contribution in [0.5, 0.6) is 0 Å². The Labute approximate surface area is 108 Å². The summed E-state index contributed by atoms with van der Waals surface area (Å²) in [5.41, 5.74) is 0. The zero-order valence-corrected chi connectivity index (χ0v) is 10.4. The zero-order chi connectivity index (χ0) is 14.1. The Kier molecular flexibility index (Phi) is 4.56. The maximum atomic E-state index is 12.6. The molecule has 1 N–H and O–H groups in total. The van der Waals surface area contributed by atoms with Gasteiger partial charge in [-0.05, 0) is 18.5 Å². The molecule has 9 heteroatoms. The zero-order valence-electron chi connectivity index (χ0n) is 8.86. The summed E-state index contributed by atoms with van der Waals surface area (Å²) in [4.78, 5) is -0.182. The lowest BCUT2D eigenvalue weighted by atomic mass is 9.97. The molecule has 0 aliphatic rings. The Balaban J connectivity index is 3.23. The van der Waals surface area contributed by atoms with Crippen molar-refractivity contribution in [1.82, 2.24) is 5.32 Å². The summed E-state index contributed by atoms with van der Waals surface area (Å²) in [7, 11) is 1.03. The van der Waals surface area contributed by atoms with Crippen LogP contribution in [0.25, 0.3) is 0 Å². The monoisotopic (exact) mass is 311 g/mol. The van der Waals surface area contributed by atoms with E-state index in [1.54, 1.807) is 0 Å². The third kappa shape index (κ3) is 3.30. The number of halogens is 7. The molecule has 1 aromatic rings. The van der Waals surface area contributed by atoms with E-state index in [9.17, 15) is 26.3 Å². The van der Waals surface area contributed by atoms with Crippen LogP contribution in [0.4, 0.5) is 26.3 Å². The molecule has 1 unspecified atom stereocenters. The van der Waals surface area contributed by atoms with E-state index in [0.29, 0.717) is 0 Å². The van der Waals surface area contributed by atoms with Gasteiger partial charge in [-0.15, -0.1) is 11.3 Å². The molecule has 1 rings (SSSR count). The van der Waals surface area contributed by atoms with E-state index in [-0.39, 0.29) is 9.90 Å². The van der Waals surface area contributed by atoms with Crippen LogP contribution < -0.4 is 5.32 Å². The van der Waals surface area contributed by atoms with Crippen molar-refractivity contribution in [2.75, 3.05) is 7.05 Å². The van der Waals surface area contributed by atoms with Crippen LogP contribution in [0, 0.1) is 5.92 Å². The first-order chi connectivity index (χ1) is 8.09. The maximum absolute atomic E-state index is 12.6. The lowest BCUT2D eigenvalue weighted by molar-refractivity contribution is -0.292. The second kappa shape index (κ2) is 5.26. The average Bonchev–Trinajstić information content (AvgIpc) is 2.56. The van der Waals surface area contributed by atoms with Crippen molar-refractivity contribution in [2.45, 2.75) is 18.4 Å². The van der Waals surface area contributed by atoms with Gasteiger partial charge < -0.3 is 5.32 Å². The molecule has 0 saturated carbocycles. The highest BCUT2D eigenvalue weighted by Gasteiger charge is 2.60.